The number of amides is 3. The van der Waals surface area contributed by atoms with Crippen LogP contribution in [0.3, 0.4) is 0 Å². The zero-order valence-electron chi connectivity index (χ0n) is 20.4. The highest BCUT2D eigenvalue weighted by Crippen LogP contribution is 2.39. The van der Waals surface area contributed by atoms with Gasteiger partial charge < -0.3 is 14.4 Å². The average molecular weight is 627 g/mol. The number of carbonyl (C=O) groups excluding carboxylic acids is 3. The first kappa shape index (κ1) is 29.0. The number of rotatable bonds is 10. The first-order chi connectivity index (χ1) is 17.7. The van der Waals surface area contributed by atoms with Crippen molar-refractivity contribution < 1.29 is 23.9 Å². The zero-order valence-corrected chi connectivity index (χ0v) is 24.4. The standard InChI is InChI=1S/C25H25BrClN3O5S2/c1-4-29(5-2)21(31)14-35-22-17(26)11-15(12-19(22)34-6-3)13-20-24(33)30(25(36)37-20)28-23(32)16-9-7-8-10-18(16)27/h7-13H,4-6,14H2,1-3H3,(H,28,32)/b20-13+. The summed E-state index contributed by atoms with van der Waals surface area (Å²) in [6.45, 7) is 7.06. The molecule has 12 heteroatoms. The summed E-state index contributed by atoms with van der Waals surface area (Å²) >= 11 is 15.9. The Kier molecular flexibility index (Phi) is 10.4. The van der Waals surface area contributed by atoms with Gasteiger partial charge in [0.1, 0.15) is 0 Å². The molecule has 1 heterocycles. The van der Waals surface area contributed by atoms with Gasteiger partial charge in [-0.1, -0.05) is 35.5 Å². The minimum Gasteiger partial charge on any atom is -0.490 e. The van der Waals surface area contributed by atoms with E-state index < -0.39 is 11.8 Å². The second kappa shape index (κ2) is 13.3. The van der Waals surface area contributed by atoms with Crippen LogP contribution in [0.5, 0.6) is 11.5 Å². The quantitative estimate of drug-likeness (QED) is 0.283. The van der Waals surface area contributed by atoms with Crippen LogP contribution in [0.4, 0.5) is 0 Å². The van der Waals surface area contributed by atoms with Crippen LogP contribution in [0.2, 0.25) is 5.02 Å². The van der Waals surface area contributed by atoms with Crippen molar-refractivity contribution in [3.05, 3.63) is 61.9 Å². The molecule has 8 nitrogen and oxygen atoms in total. The lowest BCUT2D eigenvalue weighted by Gasteiger charge is -2.20. The molecule has 1 N–H and O–H groups in total. The molecular weight excluding hydrogens is 602 g/mol. The van der Waals surface area contributed by atoms with E-state index in [0.717, 1.165) is 16.8 Å². The van der Waals surface area contributed by atoms with Gasteiger partial charge in [0.2, 0.25) is 0 Å². The molecule has 0 saturated carbocycles. The number of halogens is 2. The third kappa shape index (κ3) is 7.04. The Balaban J connectivity index is 1.80. The van der Waals surface area contributed by atoms with Crippen LogP contribution in [-0.2, 0) is 9.59 Å². The molecule has 3 rings (SSSR count). The number of nitrogens with one attached hydrogen (secondary N) is 1. The Hall–Kier alpha value is -2.60. The van der Waals surface area contributed by atoms with Gasteiger partial charge in [-0.05, 0) is 84.8 Å². The molecule has 0 radical (unpaired) electrons. The SMILES string of the molecule is CCOc1cc(/C=C2/SC(=S)N(NC(=O)c3ccccc3Cl)C2=O)cc(Br)c1OCC(=O)N(CC)CC. The van der Waals surface area contributed by atoms with Gasteiger partial charge in [-0.25, -0.2) is 0 Å². The monoisotopic (exact) mass is 625 g/mol. The van der Waals surface area contributed by atoms with Gasteiger partial charge in [0, 0.05) is 13.1 Å². The summed E-state index contributed by atoms with van der Waals surface area (Å²) in [6, 6.07) is 9.97. The van der Waals surface area contributed by atoms with E-state index in [1.165, 1.54) is 0 Å². The van der Waals surface area contributed by atoms with Gasteiger partial charge >= 0.3 is 0 Å². The van der Waals surface area contributed by atoms with Crippen molar-refractivity contribution in [3.8, 4) is 11.5 Å². The summed E-state index contributed by atoms with van der Waals surface area (Å²) in [7, 11) is 0. The van der Waals surface area contributed by atoms with E-state index in [4.69, 9.17) is 33.3 Å². The Morgan fingerprint density at radius 3 is 2.54 bits per heavy atom. The normalized spacial score (nSPS) is 14.2. The summed E-state index contributed by atoms with van der Waals surface area (Å²) in [6.07, 6.45) is 1.64. The van der Waals surface area contributed by atoms with Crippen LogP contribution in [0.1, 0.15) is 36.7 Å². The van der Waals surface area contributed by atoms with Crippen molar-refractivity contribution in [1.82, 2.24) is 15.3 Å². The number of likely N-dealkylation sites (N-methyl/N-ethyl adjacent to an activating group) is 1. The van der Waals surface area contributed by atoms with Crippen molar-refractivity contribution in [2.75, 3.05) is 26.3 Å². The van der Waals surface area contributed by atoms with Gasteiger partial charge in [0.25, 0.3) is 17.7 Å². The van der Waals surface area contributed by atoms with Crippen LogP contribution in [0.25, 0.3) is 6.08 Å². The minimum atomic E-state index is -0.551. The molecule has 1 fully saturated rings. The highest BCUT2D eigenvalue weighted by Gasteiger charge is 2.34. The topological polar surface area (TPSA) is 88.2 Å². The Morgan fingerprint density at radius 2 is 1.89 bits per heavy atom. The van der Waals surface area contributed by atoms with Crippen LogP contribution in [0.15, 0.2) is 45.8 Å². The lowest BCUT2D eigenvalue weighted by atomic mass is 10.2. The predicted octanol–water partition coefficient (Wildman–Crippen LogP) is 5.29. The van der Waals surface area contributed by atoms with Crippen molar-refractivity contribution in [2.45, 2.75) is 20.8 Å². The van der Waals surface area contributed by atoms with Crippen molar-refractivity contribution in [1.29, 1.82) is 0 Å². The molecule has 0 aliphatic carbocycles. The average Bonchev–Trinajstić information content (AvgIpc) is 3.12. The lowest BCUT2D eigenvalue weighted by Crippen LogP contribution is -2.44. The van der Waals surface area contributed by atoms with Crippen LogP contribution in [0, 0.1) is 0 Å². The third-order valence-electron chi connectivity index (χ3n) is 5.21. The lowest BCUT2D eigenvalue weighted by molar-refractivity contribution is -0.133. The molecule has 0 unspecified atom stereocenters. The highest BCUT2D eigenvalue weighted by molar-refractivity contribution is 9.10. The van der Waals surface area contributed by atoms with Crippen molar-refractivity contribution in [3.63, 3.8) is 0 Å². The second-order valence-electron chi connectivity index (χ2n) is 7.56. The fourth-order valence-electron chi connectivity index (χ4n) is 3.40. The fraction of sp³-hybridized carbons (Fsp3) is 0.280. The number of carbonyl (C=O) groups is 3. The number of ether oxygens (including phenoxy) is 2. The molecule has 0 bridgehead atoms. The molecule has 1 aliphatic heterocycles. The summed E-state index contributed by atoms with van der Waals surface area (Å²) < 4.78 is 12.3. The first-order valence-corrected chi connectivity index (χ1v) is 13.8. The van der Waals surface area contributed by atoms with E-state index in [9.17, 15) is 14.4 Å². The van der Waals surface area contributed by atoms with Crippen LogP contribution in [-0.4, -0.2) is 58.3 Å². The molecule has 37 heavy (non-hydrogen) atoms. The maximum Gasteiger partial charge on any atom is 0.285 e. The third-order valence-corrected chi connectivity index (χ3v) is 7.43. The number of nitrogens with zero attached hydrogens (tertiary/aromatic N) is 2. The van der Waals surface area contributed by atoms with E-state index in [2.05, 4.69) is 21.4 Å². The molecule has 0 spiro atoms. The molecule has 2 aromatic carbocycles. The fourth-order valence-corrected chi connectivity index (χ4v) is 5.37. The molecular formula is C25H25BrClN3O5S2. The summed E-state index contributed by atoms with van der Waals surface area (Å²) in [4.78, 5) is 40.0. The molecule has 0 aromatic heterocycles. The van der Waals surface area contributed by atoms with Gasteiger partial charge in [-0.3, -0.25) is 19.8 Å². The van der Waals surface area contributed by atoms with Crippen molar-refractivity contribution in [2.24, 2.45) is 0 Å². The maximum absolute atomic E-state index is 13.0. The number of hydrogen-bond donors (Lipinski definition) is 1. The molecule has 0 atom stereocenters. The molecule has 2 aromatic rings. The highest BCUT2D eigenvalue weighted by atomic mass is 79.9. The smallest absolute Gasteiger partial charge is 0.285 e. The Bertz CT molecular complexity index is 1250. The van der Waals surface area contributed by atoms with E-state index in [1.807, 2.05) is 20.8 Å². The van der Waals surface area contributed by atoms with Gasteiger partial charge in [-0.15, -0.1) is 0 Å². The molecule has 196 valence electrons. The number of thioether (sulfide) groups is 1. The van der Waals surface area contributed by atoms with Gasteiger partial charge in [0.05, 0.1) is 26.6 Å². The predicted molar refractivity (Wildman–Crippen MR) is 153 cm³/mol. The van der Waals surface area contributed by atoms with E-state index >= 15 is 0 Å². The number of hydrazine groups is 1. The Labute approximate surface area is 238 Å². The zero-order chi connectivity index (χ0) is 27.1. The molecule has 1 saturated heterocycles. The van der Waals surface area contributed by atoms with E-state index in [1.54, 1.807) is 47.4 Å². The molecule has 3 amide bonds. The number of thiocarbonyl (C=S) groups is 1. The maximum atomic E-state index is 13.0. The van der Waals surface area contributed by atoms with E-state index in [0.29, 0.717) is 46.1 Å². The van der Waals surface area contributed by atoms with E-state index in [-0.39, 0.29) is 27.4 Å². The first-order valence-electron chi connectivity index (χ1n) is 11.4. The van der Waals surface area contributed by atoms with Gasteiger partial charge in [0.15, 0.2) is 22.4 Å². The van der Waals surface area contributed by atoms with Crippen LogP contribution >= 0.6 is 51.5 Å². The second-order valence-corrected chi connectivity index (χ2v) is 10.5. The summed E-state index contributed by atoms with van der Waals surface area (Å²) in [5, 5.41) is 1.28. The van der Waals surface area contributed by atoms with Crippen molar-refractivity contribution >= 4 is 79.6 Å². The minimum absolute atomic E-state index is 0.133. The molecule has 1 aliphatic rings. The van der Waals surface area contributed by atoms with Gasteiger partial charge in [-0.2, -0.15) is 5.01 Å². The largest absolute Gasteiger partial charge is 0.490 e. The summed E-state index contributed by atoms with van der Waals surface area (Å²) in [5.41, 5.74) is 3.38. The Morgan fingerprint density at radius 1 is 1.19 bits per heavy atom. The number of hydrogen-bond acceptors (Lipinski definition) is 7. The summed E-state index contributed by atoms with van der Waals surface area (Å²) in [5.74, 6) is -0.358. The van der Waals surface area contributed by atoms with Crippen LogP contribution < -0.4 is 14.9 Å². The number of benzene rings is 2.